The average Bonchev–Trinajstić information content (AvgIpc) is 2.35. The van der Waals surface area contributed by atoms with Gasteiger partial charge >= 0.3 is 0 Å². The molecule has 0 amide bonds. The van der Waals surface area contributed by atoms with Crippen LogP contribution in [0.2, 0.25) is 0 Å². The molecule has 3 nitrogen and oxygen atoms in total. The van der Waals surface area contributed by atoms with Crippen molar-refractivity contribution in [2.75, 3.05) is 5.73 Å². The van der Waals surface area contributed by atoms with Crippen molar-refractivity contribution >= 4 is 5.82 Å². The molecule has 3 heteroatoms. The van der Waals surface area contributed by atoms with Crippen molar-refractivity contribution in [3.05, 3.63) is 11.3 Å². The summed E-state index contributed by atoms with van der Waals surface area (Å²) >= 11 is 0. The molecule has 9 heavy (non-hydrogen) atoms. The number of fused-ring (bicyclic) bond motifs is 1. The van der Waals surface area contributed by atoms with Crippen molar-refractivity contribution in [1.82, 2.24) is 5.16 Å². The van der Waals surface area contributed by atoms with E-state index < -0.39 is 0 Å². The fourth-order valence-electron chi connectivity index (χ4n) is 1.25. The molecule has 2 rings (SSSR count). The Hall–Kier alpha value is -0.990. The molecule has 0 radical (unpaired) electrons. The van der Waals surface area contributed by atoms with E-state index in [0.717, 1.165) is 24.2 Å². The Balaban J connectivity index is 2.56. The zero-order chi connectivity index (χ0) is 6.27. The summed E-state index contributed by atoms with van der Waals surface area (Å²) in [5.41, 5.74) is 6.62. The van der Waals surface area contributed by atoms with Gasteiger partial charge < -0.3 is 10.3 Å². The van der Waals surface area contributed by atoms with Crippen LogP contribution in [0.15, 0.2) is 4.52 Å². The lowest BCUT2D eigenvalue weighted by atomic mass is 10.3. The van der Waals surface area contributed by atoms with Crippen LogP contribution < -0.4 is 5.73 Å². The molecule has 0 saturated heterocycles. The summed E-state index contributed by atoms with van der Waals surface area (Å²) in [6.45, 7) is 0. The molecule has 1 aromatic heterocycles. The number of aryl methyl sites for hydroxylation is 1. The van der Waals surface area contributed by atoms with Gasteiger partial charge in [-0.3, -0.25) is 0 Å². The minimum atomic E-state index is 0.586. The van der Waals surface area contributed by atoms with Gasteiger partial charge in [0.2, 0.25) is 0 Å². The molecule has 2 N–H and O–H groups in total. The van der Waals surface area contributed by atoms with Gasteiger partial charge in [0.25, 0.3) is 0 Å². The quantitative estimate of drug-likeness (QED) is 0.555. The first-order valence-corrected chi connectivity index (χ1v) is 3.11. The Bertz CT molecular complexity index is 229. The summed E-state index contributed by atoms with van der Waals surface area (Å²) in [7, 11) is 0. The third kappa shape index (κ3) is 0.542. The number of aromatic nitrogens is 1. The lowest BCUT2D eigenvalue weighted by Gasteiger charge is -1.83. The SMILES string of the molecule is Nc1noc2c1CCC2. The maximum Gasteiger partial charge on any atom is 0.170 e. The maximum atomic E-state index is 5.49. The summed E-state index contributed by atoms with van der Waals surface area (Å²) in [4.78, 5) is 0. The van der Waals surface area contributed by atoms with Gasteiger partial charge in [-0.25, -0.2) is 0 Å². The number of nitrogens with zero attached hydrogens (tertiary/aromatic N) is 1. The van der Waals surface area contributed by atoms with Crippen molar-refractivity contribution in [3.63, 3.8) is 0 Å². The van der Waals surface area contributed by atoms with Crippen LogP contribution in [0.5, 0.6) is 0 Å². The number of nitrogens with two attached hydrogens (primary N) is 1. The van der Waals surface area contributed by atoms with Gasteiger partial charge in [0.1, 0.15) is 5.76 Å². The van der Waals surface area contributed by atoms with Gasteiger partial charge in [0.15, 0.2) is 5.82 Å². The van der Waals surface area contributed by atoms with Gasteiger partial charge in [-0.05, 0) is 12.8 Å². The van der Waals surface area contributed by atoms with Crippen molar-refractivity contribution < 1.29 is 4.52 Å². The summed E-state index contributed by atoms with van der Waals surface area (Å²) in [6.07, 6.45) is 3.23. The fraction of sp³-hybridized carbons (Fsp3) is 0.500. The van der Waals surface area contributed by atoms with Gasteiger partial charge in [-0.2, -0.15) is 0 Å². The molecule has 0 aromatic carbocycles. The monoisotopic (exact) mass is 124 g/mol. The van der Waals surface area contributed by atoms with Crippen molar-refractivity contribution in [3.8, 4) is 0 Å². The Morgan fingerprint density at radius 1 is 1.44 bits per heavy atom. The van der Waals surface area contributed by atoms with E-state index in [1.165, 1.54) is 6.42 Å². The van der Waals surface area contributed by atoms with Crippen LogP contribution in [0, 0.1) is 0 Å². The highest BCUT2D eigenvalue weighted by Gasteiger charge is 2.18. The van der Waals surface area contributed by atoms with E-state index in [-0.39, 0.29) is 0 Å². The van der Waals surface area contributed by atoms with Crippen LogP contribution >= 0.6 is 0 Å². The van der Waals surface area contributed by atoms with Crippen LogP contribution in [-0.4, -0.2) is 5.16 Å². The molecule has 1 aliphatic rings. The highest BCUT2D eigenvalue weighted by molar-refractivity contribution is 5.42. The number of hydrogen-bond acceptors (Lipinski definition) is 3. The summed E-state index contributed by atoms with van der Waals surface area (Å²) < 4.78 is 4.93. The number of anilines is 1. The Morgan fingerprint density at radius 3 is 3.11 bits per heavy atom. The molecule has 0 saturated carbocycles. The number of nitrogen functional groups attached to an aromatic ring is 1. The fourth-order valence-corrected chi connectivity index (χ4v) is 1.25. The highest BCUT2D eigenvalue weighted by atomic mass is 16.5. The van der Waals surface area contributed by atoms with Crippen LogP contribution in [0.4, 0.5) is 5.82 Å². The standard InChI is InChI=1S/C6H8N2O/c7-6-4-2-1-3-5(4)9-8-6/h1-3H2,(H2,7,8). The molecule has 0 fully saturated rings. The summed E-state index contributed by atoms with van der Waals surface area (Å²) in [6, 6.07) is 0. The Kier molecular flexibility index (Phi) is 0.806. The second-order valence-electron chi connectivity index (χ2n) is 2.32. The Labute approximate surface area is 52.8 Å². The molecule has 0 unspecified atom stereocenters. The molecular weight excluding hydrogens is 116 g/mol. The van der Waals surface area contributed by atoms with Crippen LogP contribution in [0.25, 0.3) is 0 Å². The van der Waals surface area contributed by atoms with Crippen molar-refractivity contribution in [2.24, 2.45) is 0 Å². The van der Waals surface area contributed by atoms with Gasteiger partial charge in [-0.1, -0.05) is 5.16 Å². The lowest BCUT2D eigenvalue weighted by Crippen LogP contribution is -1.88. The number of hydrogen-bond donors (Lipinski definition) is 1. The highest BCUT2D eigenvalue weighted by Crippen LogP contribution is 2.25. The second kappa shape index (κ2) is 1.50. The van der Waals surface area contributed by atoms with Crippen LogP contribution in [-0.2, 0) is 12.8 Å². The Morgan fingerprint density at radius 2 is 2.33 bits per heavy atom. The van der Waals surface area contributed by atoms with Crippen molar-refractivity contribution in [1.29, 1.82) is 0 Å². The first-order chi connectivity index (χ1) is 4.38. The smallest absolute Gasteiger partial charge is 0.170 e. The maximum absolute atomic E-state index is 5.49. The van der Waals surface area contributed by atoms with Gasteiger partial charge in [0, 0.05) is 12.0 Å². The van der Waals surface area contributed by atoms with E-state index in [1.54, 1.807) is 0 Å². The first-order valence-electron chi connectivity index (χ1n) is 3.11. The lowest BCUT2D eigenvalue weighted by molar-refractivity contribution is 0.389. The molecule has 0 aliphatic heterocycles. The average molecular weight is 124 g/mol. The topological polar surface area (TPSA) is 52.0 Å². The molecule has 1 heterocycles. The minimum Gasteiger partial charge on any atom is -0.381 e. The van der Waals surface area contributed by atoms with E-state index in [4.69, 9.17) is 10.3 Å². The predicted octanol–water partition coefficient (Wildman–Crippen LogP) is 0.746. The summed E-state index contributed by atoms with van der Waals surface area (Å²) in [5.74, 6) is 1.58. The molecule has 0 bridgehead atoms. The molecular formula is C6H8N2O. The third-order valence-electron chi connectivity index (χ3n) is 1.73. The van der Waals surface area contributed by atoms with E-state index >= 15 is 0 Å². The van der Waals surface area contributed by atoms with Gasteiger partial charge in [0.05, 0.1) is 0 Å². The minimum absolute atomic E-state index is 0.586. The molecule has 1 aliphatic carbocycles. The van der Waals surface area contributed by atoms with Crippen LogP contribution in [0.1, 0.15) is 17.7 Å². The zero-order valence-electron chi connectivity index (χ0n) is 5.05. The first kappa shape index (κ1) is 4.85. The summed E-state index contributed by atoms with van der Waals surface area (Å²) in [5, 5.41) is 3.64. The van der Waals surface area contributed by atoms with E-state index in [9.17, 15) is 0 Å². The van der Waals surface area contributed by atoms with E-state index in [0.29, 0.717) is 5.82 Å². The molecule has 48 valence electrons. The molecule has 1 aromatic rings. The zero-order valence-corrected chi connectivity index (χ0v) is 5.05. The molecule has 0 atom stereocenters. The molecule has 0 spiro atoms. The van der Waals surface area contributed by atoms with E-state index in [2.05, 4.69) is 5.16 Å². The van der Waals surface area contributed by atoms with Crippen molar-refractivity contribution in [2.45, 2.75) is 19.3 Å². The normalized spacial score (nSPS) is 16.0. The van der Waals surface area contributed by atoms with Crippen LogP contribution in [0.3, 0.4) is 0 Å². The van der Waals surface area contributed by atoms with Gasteiger partial charge in [-0.15, -0.1) is 0 Å². The number of rotatable bonds is 0. The third-order valence-corrected chi connectivity index (χ3v) is 1.73. The van der Waals surface area contributed by atoms with E-state index in [1.807, 2.05) is 0 Å². The second-order valence-corrected chi connectivity index (χ2v) is 2.32. The predicted molar refractivity (Wildman–Crippen MR) is 32.9 cm³/mol. The largest absolute Gasteiger partial charge is 0.381 e.